The number of alkyl halides is 3. The largest absolute Gasteiger partial charge is 0.416 e. The minimum atomic E-state index is -4.37. The van der Waals surface area contributed by atoms with Gasteiger partial charge in [-0.05, 0) is 18.1 Å². The predicted octanol–water partition coefficient (Wildman–Crippen LogP) is 2.65. The lowest BCUT2D eigenvalue weighted by Crippen LogP contribution is -2.32. The second-order valence-corrected chi connectivity index (χ2v) is 4.78. The van der Waals surface area contributed by atoms with Crippen LogP contribution >= 0.6 is 0 Å². The molecule has 0 saturated heterocycles. The summed E-state index contributed by atoms with van der Waals surface area (Å²) in [6.07, 6.45) is -3.20. The van der Waals surface area contributed by atoms with Crippen molar-refractivity contribution < 1.29 is 18.0 Å². The average Bonchev–Trinajstić information content (AvgIpc) is 2.71. The minimum Gasteiger partial charge on any atom is -0.330 e. The Morgan fingerprint density at radius 3 is 2.56 bits per heavy atom. The molecule has 0 amide bonds. The van der Waals surface area contributed by atoms with Crippen molar-refractivity contribution in [2.45, 2.75) is 30.9 Å². The molecule has 18 heavy (non-hydrogen) atoms. The molecule has 0 spiro atoms. The summed E-state index contributed by atoms with van der Waals surface area (Å²) in [5.41, 5.74) is 4.91. The van der Waals surface area contributed by atoms with Crippen LogP contribution in [0, 0.1) is 0 Å². The highest BCUT2D eigenvalue weighted by Crippen LogP contribution is 2.40. The second-order valence-electron chi connectivity index (χ2n) is 4.78. The van der Waals surface area contributed by atoms with Crippen molar-refractivity contribution in [2.75, 3.05) is 6.54 Å². The van der Waals surface area contributed by atoms with Crippen LogP contribution in [0.4, 0.5) is 13.2 Å². The lowest BCUT2D eigenvalue weighted by Gasteiger charge is -2.27. The lowest BCUT2D eigenvalue weighted by atomic mass is 9.78. The van der Waals surface area contributed by atoms with E-state index in [1.807, 2.05) is 0 Å². The summed E-state index contributed by atoms with van der Waals surface area (Å²) in [5, 5.41) is 0. The molecule has 0 radical (unpaired) electrons. The maximum absolute atomic E-state index is 12.7. The van der Waals surface area contributed by atoms with Gasteiger partial charge in [0.05, 0.1) is 5.56 Å². The number of Topliss-reactive ketones (excluding diaryl/α,β-unsaturated/α-hetero) is 1. The summed E-state index contributed by atoms with van der Waals surface area (Å²) >= 11 is 0. The molecule has 0 bridgehead atoms. The van der Waals surface area contributed by atoms with Crippen molar-refractivity contribution in [2.24, 2.45) is 5.73 Å². The first-order valence-electron chi connectivity index (χ1n) is 5.77. The molecule has 2 nitrogen and oxygen atoms in total. The van der Waals surface area contributed by atoms with Crippen molar-refractivity contribution in [1.82, 2.24) is 0 Å². The Balaban J connectivity index is 2.41. The van der Waals surface area contributed by atoms with Crippen LogP contribution in [0.2, 0.25) is 0 Å². The Kier molecular flexibility index (Phi) is 3.19. The Morgan fingerprint density at radius 2 is 2.06 bits per heavy atom. The first-order valence-corrected chi connectivity index (χ1v) is 5.77. The first-order chi connectivity index (χ1) is 8.37. The van der Waals surface area contributed by atoms with Gasteiger partial charge in [-0.3, -0.25) is 4.79 Å². The standard InChI is InChI=1S/C13H14F3NO/c14-13(15,16)10-3-1-2-9(6-10)12(8-17)5-4-11(18)7-12/h1-3,6H,4-5,7-8,17H2. The molecule has 1 aromatic carbocycles. The number of nitrogens with two attached hydrogens (primary N) is 1. The monoisotopic (exact) mass is 257 g/mol. The number of hydrogen-bond donors (Lipinski definition) is 1. The van der Waals surface area contributed by atoms with Crippen LogP contribution in [0.25, 0.3) is 0 Å². The Morgan fingerprint density at radius 1 is 1.33 bits per heavy atom. The minimum absolute atomic E-state index is 0.0675. The number of carbonyl (C=O) groups excluding carboxylic acids is 1. The maximum atomic E-state index is 12.7. The summed E-state index contributed by atoms with van der Waals surface area (Å²) in [6, 6.07) is 5.15. The van der Waals surface area contributed by atoms with Gasteiger partial charge in [0.2, 0.25) is 0 Å². The molecule has 1 aliphatic rings. The fourth-order valence-corrected chi connectivity index (χ4v) is 2.50. The fraction of sp³-hybridized carbons (Fsp3) is 0.462. The SMILES string of the molecule is NCC1(c2cccc(C(F)(F)F)c2)CCC(=O)C1. The van der Waals surface area contributed by atoms with Crippen molar-refractivity contribution in [1.29, 1.82) is 0 Å². The molecule has 1 atom stereocenters. The number of hydrogen-bond acceptors (Lipinski definition) is 2. The molecule has 1 unspecified atom stereocenters. The third-order valence-electron chi connectivity index (χ3n) is 3.61. The third kappa shape index (κ3) is 2.27. The first kappa shape index (κ1) is 13.1. The van der Waals surface area contributed by atoms with E-state index in [0.29, 0.717) is 18.4 Å². The van der Waals surface area contributed by atoms with E-state index in [1.54, 1.807) is 6.07 Å². The summed E-state index contributed by atoms with van der Waals surface area (Å²) in [6.45, 7) is 0.194. The number of ketones is 1. The van der Waals surface area contributed by atoms with Gasteiger partial charge in [-0.15, -0.1) is 0 Å². The van der Waals surface area contributed by atoms with Crippen molar-refractivity contribution in [3.63, 3.8) is 0 Å². The zero-order valence-corrected chi connectivity index (χ0v) is 9.76. The molecule has 0 heterocycles. The molecule has 5 heteroatoms. The zero-order chi connectivity index (χ0) is 13.4. The van der Waals surface area contributed by atoms with E-state index < -0.39 is 17.2 Å². The molecule has 0 aromatic heterocycles. The molecule has 1 saturated carbocycles. The fourth-order valence-electron chi connectivity index (χ4n) is 2.50. The highest BCUT2D eigenvalue weighted by Gasteiger charge is 2.40. The van der Waals surface area contributed by atoms with Crippen LogP contribution in [-0.2, 0) is 16.4 Å². The smallest absolute Gasteiger partial charge is 0.330 e. The van der Waals surface area contributed by atoms with E-state index >= 15 is 0 Å². The maximum Gasteiger partial charge on any atom is 0.416 e. The van der Waals surface area contributed by atoms with Gasteiger partial charge in [-0.2, -0.15) is 13.2 Å². The summed E-state index contributed by atoms with van der Waals surface area (Å²) in [7, 11) is 0. The van der Waals surface area contributed by atoms with Crippen LogP contribution < -0.4 is 5.73 Å². The summed E-state index contributed by atoms with van der Waals surface area (Å²) in [5.74, 6) is 0.0675. The van der Waals surface area contributed by atoms with Gasteiger partial charge < -0.3 is 5.73 Å². The third-order valence-corrected chi connectivity index (χ3v) is 3.61. The highest BCUT2D eigenvalue weighted by atomic mass is 19.4. The summed E-state index contributed by atoms with van der Waals surface area (Å²) < 4.78 is 38.0. The summed E-state index contributed by atoms with van der Waals surface area (Å²) in [4.78, 5) is 11.4. The van der Waals surface area contributed by atoms with Crippen LogP contribution in [0.1, 0.15) is 30.4 Å². The predicted molar refractivity (Wildman–Crippen MR) is 61.0 cm³/mol. The number of carbonyl (C=O) groups is 1. The molecule has 1 fully saturated rings. The quantitative estimate of drug-likeness (QED) is 0.885. The van der Waals surface area contributed by atoms with Crippen LogP contribution in [-0.4, -0.2) is 12.3 Å². The van der Waals surface area contributed by atoms with Crippen molar-refractivity contribution >= 4 is 5.78 Å². The van der Waals surface area contributed by atoms with Gasteiger partial charge in [-0.1, -0.05) is 18.2 Å². The Labute approximate surface area is 103 Å². The molecule has 2 N–H and O–H groups in total. The van der Waals surface area contributed by atoms with Gasteiger partial charge >= 0.3 is 6.18 Å². The van der Waals surface area contributed by atoms with E-state index in [1.165, 1.54) is 6.07 Å². The van der Waals surface area contributed by atoms with Crippen LogP contribution in [0.5, 0.6) is 0 Å². The van der Waals surface area contributed by atoms with Crippen molar-refractivity contribution in [3.05, 3.63) is 35.4 Å². The van der Waals surface area contributed by atoms with Crippen LogP contribution in [0.3, 0.4) is 0 Å². The Bertz CT molecular complexity index is 470. The van der Waals surface area contributed by atoms with E-state index in [4.69, 9.17) is 5.73 Å². The highest BCUT2D eigenvalue weighted by molar-refractivity contribution is 5.83. The molecule has 1 aliphatic carbocycles. The van der Waals surface area contributed by atoms with Gasteiger partial charge in [0.15, 0.2) is 0 Å². The van der Waals surface area contributed by atoms with Gasteiger partial charge in [0, 0.05) is 24.8 Å². The van der Waals surface area contributed by atoms with E-state index in [0.717, 1.165) is 12.1 Å². The van der Waals surface area contributed by atoms with E-state index in [9.17, 15) is 18.0 Å². The zero-order valence-electron chi connectivity index (χ0n) is 9.76. The molecule has 98 valence electrons. The Hall–Kier alpha value is -1.36. The van der Waals surface area contributed by atoms with Crippen molar-refractivity contribution in [3.8, 4) is 0 Å². The van der Waals surface area contributed by atoms with Gasteiger partial charge in [0.1, 0.15) is 5.78 Å². The van der Waals surface area contributed by atoms with E-state index in [-0.39, 0.29) is 18.7 Å². The number of benzene rings is 1. The average molecular weight is 257 g/mol. The topological polar surface area (TPSA) is 43.1 Å². The normalized spacial score (nSPS) is 24.6. The molecule has 2 rings (SSSR count). The lowest BCUT2D eigenvalue weighted by molar-refractivity contribution is -0.137. The number of rotatable bonds is 2. The second kappa shape index (κ2) is 4.39. The van der Waals surface area contributed by atoms with Gasteiger partial charge in [-0.25, -0.2) is 0 Å². The molecule has 0 aliphatic heterocycles. The molecular formula is C13H14F3NO. The molecule has 1 aromatic rings. The van der Waals surface area contributed by atoms with Crippen LogP contribution in [0.15, 0.2) is 24.3 Å². The van der Waals surface area contributed by atoms with Gasteiger partial charge in [0.25, 0.3) is 0 Å². The van der Waals surface area contributed by atoms with E-state index in [2.05, 4.69) is 0 Å². The molecular weight excluding hydrogens is 243 g/mol. The number of halogens is 3.